The second-order valence-corrected chi connectivity index (χ2v) is 4.32. The van der Waals surface area contributed by atoms with Crippen molar-refractivity contribution in [1.29, 1.82) is 0 Å². The van der Waals surface area contributed by atoms with Crippen LogP contribution in [-0.4, -0.2) is 43.0 Å². The van der Waals surface area contributed by atoms with Gasteiger partial charge in [-0.05, 0) is 25.2 Å². The van der Waals surface area contributed by atoms with Gasteiger partial charge in [-0.3, -0.25) is 4.90 Å². The summed E-state index contributed by atoms with van der Waals surface area (Å²) in [5.41, 5.74) is 0.449. The molecule has 0 amide bonds. The number of nitrogens with zero attached hydrogens (tertiary/aromatic N) is 2. The van der Waals surface area contributed by atoms with Gasteiger partial charge in [0.1, 0.15) is 11.6 Å². The molecule has 0 radical (unpaired) electrons. The molecule has 1 aromatic carbocycles. The van der Waals surface area contributed by atoms with E-state index in [0.29, 0.717) is 12.1 Å². The lowest BCUT2D eigenvalue weighted by Gasteiger charge is -2.32. The van der Waals surface area contributed by atoms with Crippen LogP contribution < -0.4 is 0 Å². The van der Waals surface area contributed by atoms with Gasteiger partial charge in [0.2, 0.25) is 0 Å². The van der Waals surface area contributed by atoms with Crippen molar-refractivity contribution in [2.24, 2.45) is 0 Å². The zero-order chi connectivity index (χ0) is 11.5. The van der Waals surface area contributed by atoms with Crippen LogP contribution in [0.25, 0.3) is 0 Å². The maximum absolute atomic E-state index is 13.4. The van der Waals surface area contributed by atoms with Crippen LogP contribution in [0.5, 0.6) is 0 Å². The highest BCUT2D eigenvalue weighted by Gasteiger charge is 2.15. The number of halogens is 2. The fourth-order valence-corrected chi connectivity index (χ4v) is 1.91. The molecule has 0 bridgehead atoms. The Labute approximate surface area is 94.5 Å². The molecule has 1 saturated heterocycles. The van der Waals surface area contributed by atoms with E-state index >= 15 is 0 Å². The Bertz CT molecular complexity index is 360. The van der Waals surface area contributed by atoms with Crippen LogP contribution in [-0.2, 0) is 6.54 Å². The van der Waals surface area contributed by atoms with Crippen molar-refractivity contribution in [2.45, 2.75) is 6.54 Å². The van der Waals surface area contributed by atoms with Gasteiger partial charge in [0.05, 0.1) is 0 Å². The Morgan fingerprint density at radius 2 is 1.81 bits per heavy atom. The summed E-state index contributed by atoms with van der Waals surface area (Å²) < 4.78 is 26.4. The van der Waals surface area contributed by atoms with Crippen LogP contribution in [0.15, 0.2) is 18.2 Å². The van der Waals surface area contributed by atoms with Crippen molar-refractivity contribution < 1.29 is 8.78 Å². The minimum absolute atomic E-state index is 0.319. The van der Waals surface area contributed by atoms with Gasteiger partial charge in [-0.15, -0.1) is 0 Å². The van der Waals surface area contributed by atoms with E-state index in [4.69, 9.17) is 0 Å². The first kappa shape index (κ1) is 11.5. The molecule has 1 heterocycles. The van der Waals surface area contributed by atoms with Crippen LogP contribution in [0.4, 0.5) is 8.78 Å². The Morgan fingerprint density at radius 3 is 2.50 bits per heavy atom. The number of hydrogen-bond donors (Lipinski definition) is 0. The van der Waals surface area contributed by atoms with Gasteiger partial charge in [0.25, 0.3) is 0 Å². The van der Waals surface area contributed by atoms with Gasteiger partial charge in [0.15, 0.2) is 0 Å². The highest BCUT2D eigenvalue weighted by atomic mass is 19.1. The molecule has 2 rings (SSSR count). The standard InChI is InChI=1S/C12H16F2N2/c1-15-4-6-16(7-5-15)9-10-8-11(13)2-3-12(10)14/h2-3,8H,4-7,9H2,1H3. The summed E-state index contributed by atoms with van der Waals surface area (Å²) in [4.78, 5) is 4.39. The van der Waals surface area contributed by atoms with Crippen LogP contribution >= 0.6 is 0 Å². The maximum Gasteiger partial charge on any atom is 0.127 e. The predicted octanol–water partition coefficient (Wildman–Crippen LogP) is 1.71. The van der Waals surface area contributed by atoms with Gasteiger partial charge >= 0.3 is 0 Å². The van der Waals surface area contributed by atoms with E-state index in [-0.39, 0.29) is 11.6 Å². The Balaban J connectivity index is 2.00. The molecular weight excluding hydrogens is 210 g/mol. The van der Waals surface area contributed by atoms with Gasteiger partial charge in [-0.1, -0.05) is 0 Å². The molecule has 2 nitrogen and oxygen atoms in total. The van der Waals surface area contributed by atoms with Crippen LogP contribution in [0, 0.1) is 11.6 Å². The normalized spacial score (nSPS) is 18.9. The number of benzene rings is 1. The third kappa shape index (κ3) is 2.77. The smallest absolute Gasteiger partial charge is 0.127 e. The highest BCUT2D eigenvalue weighted by molar-refractivity contribution is 5.18. The maximum atomic E-state index is 13.4. The minimum atomic E-state index is -0.370. The summed E-state index contributed by atoms with van der Waals surface area (Å²) in [6.07, 6.45) is 0. The van der Waals surface area contributed by atoms with E-state index in [9.17, 15) is 8.78 Å². The summed E-state index contributed by atoms with van der Waals surface area (Å²) in [7, 11) is 2.07. The van der Waals surface area contributed by atoms with Crippen molar-refractivity contribution in [3.8, 4) is 0 Å². The van der Waals surface area contributed by atoms with Crippen molar-refractivity contribution in [2.75, 3.05) is 33.2 Å². The molecule has 1 aliphatic rings. The van der Waals surface area contributed by atoms with E-state index in [1.165, 1.54) is 12.1 Å². The summed E-state index contributed by atoms with van der Waals surface area (Å²) in [6, 6.07) is 3.64. The average molecular weight is 226 g/mol. The molecule has 1 aromatic rings. The van der Waals surface area contributed by atoms with Gasteiger partial charge in [-0.2, -0.15) is 0 Å². The SMILES string of the molecule is CN1CCN(Cc2cc(F)ccc2F)CC1. The Morgan fingerprint density at radius 1 is 1.12 bits per heavy atom. The molecule has 1 aliphatic heterocycles. The Hall–Kier alpha value is -1.00. The molecule has 88 valence electrons. The summed E-state index contributed by atoms with van der Waals surface area (Å²) >= 11 is 0. The first-order chi connectivity index (χ1) is 7.65. The first-order valence-electron chi connectivity index (χ1n) is 5.50. The van der Waals surface area contributed by atoms with Crippen LogP contribution in [0.2, 0.25) is 0 Å². The fraction of sp³-hybridized carbons (Fsp3) is 0.500. The zero-order valence-electron chi connectivity index (χ0n) is 9.42. The van der Waals surface area contributed by atoms with E-state index in [1.54, 1.807) is 0 Å². The zero-order valence-corrected chi connectivity index (χ0v) is 9.42. The van der Waals surface area contributed by atoms with Crippen molar-refractivity contribution >= 4 is 0 Å². The summed E-state index contributed by atoms with van der Waals surface area (Å²) in [5, 5.41) is 0. The molecule has 0 saturated carbocycles. The van der Waals surface area contributed by atoms with Gasteiger partial charge < -0.3 is 4.90 Å². The van der Waals surface area contributed by atoms with Crippen molar-refractivity contribution in [3.63, 3.8) is 0 Å². The fourth-order valence-electron chi connectivity index (χ4n) is 1.91. The van der Waals surface area contributed by atoms with E-state index in [2.05, 4.69) is 16.8 Å². The third-order valence-corrected chi connectivity index (χ3v) is 3.00. The minimum Gasteiger partial charge on any atom is -0.304 e. The van der Waals surface area contributed by atoms with Crippen LogP contribution in [0.3, 0.4) is 0 Å². The predicted molar refractivity (Wildman–Crippen MR) is 59.1 cm³/mol. The topological polar surface area (TPSA) is 6.48 Å². The number of piperazine rings is 1. The van der Waals surface area contributed by atoms with Gasteiger partial charge in [-0.25, -0.2) is 8.78 Å². The van der Waals surface area contributed by atoms with E-state index in [1.807, 2.05) is 0 Å². The van der Waals surface area contributed by atoms with Gasteiger partial charge in [0, 0.05) is 38.3 Å². The largest absolute Gasteiger partial charge is 0.304 e. The number of rotatable bonds is 2. The van der Waals surface area contributed by atoms with E-state index < -0.39 is 0 Å². The summed E-state index contributed by atoms with van der Waals surface area (Å²) in [6.45, 7) is 4.28. The monoisotopic (exact) mass is 226 g/mol. The number of hydrogen-bond acceptors (Lipinski definition) is 2. The van der Waals surface area contributed by atoms with Crippen molar-refractivity contribution in [3.05, 3.63) is 35.4 Å². The summed E-state index contributed by atoms with van der Waals surface area (Å²) in [5.74, 6) is -0.689. The molecule has 4 heteroatoms. The molecule has 0 unspecified atom stereocenters. The molecule has 16 heavy (non-hydrogen) atoms. The molecule has 0 spiro atoms. The molecule has 0 N–H and O–H groups in total. The molecule has 1 fully saturated rings. The molecule has 0 atom stereocenters. The average Bonchev–Trinajstić information content (AvgIpc) is 2.27. The second kappa shape index (κ2) is 4.89. The lowest BCUT2D eigenvalue weighted by atomic mass is 10.2. The molecule has 0 aromatic heterocycles. The number of likely N-dealkylation sites (N-methyl/N-ethyl adjacent to an activating group) is 1. The van der Waals surface area contributed by atoms with E-state index in [0.717, 1.165) is 32.2 Å². The lowest BCUT2D eigenvalue weighted by molar-refractivity contribution is 0.147. The van der Waals surface area contributed by atoms with Crippen LogP contribution in [0.1, 0.15) is 5.56 Å². The quantitative estimate of drug-likeness (QED) is 0.757. The second-order valence-electron chi connectivity index (χ2n) is 4.32. The molecular formula is C12H16F2N2. The first-order valence-corrected chi connectivity index (χ1v) is 5.50. The lowest BCUT2D eigenvalue weighted by Crippen LogP contribution is -2.44. The molecule has 0 aliphatic carbocycles. The van der Waals surface area contributed by atoms with Crippen molar-refractivity contribution in [1.82, 2.24) is 9.80 Å². The Kier molecular flexibility index (Phi) is 3.51. The third-order valence-electron chi connectivity index (χ3n) is 3.00. The highest BCUT2D eigenvalue weighted by Crippen LogP contribution is 2.13.